The molecule has 26 heavy (non-hydrogen) atoms. The van der Waals surface area contributed by atoms with Gasteiger partial charge >= 0.3 is 0 Å². The van der Waals surface area contributed by atoms with Gasteiger partial charge in [-0.3, -0.25) is 0 Å². The second-order valence-electron chi connectivity index (χ2n) is 7.67. The van der Waals surface area contributed by atoms with Crippen LogP contribution in [-0.4, -0.2) is 40.5 Å². The zero-order chi connectivity index (χ0) is 18.5. The molecule has 0 amide bonds. The predicted molar refractivity (Wildman–Crippen MR) is 96.4 cm³/mol. The molecule has 4 rings (SSSR count). The SMILES string of the molecule is Cc1noc(C)c1S(=O)(=O)N1CCCC(Cn2c(C)cnc2C2CC2)C1. The number of nitrogens with zero attached hydrogens (tertiary/aromatic N) is 4. The fourth-order valence-corrected chi connectivity index (χ4v) is 5.85. The maximum absolute atomic E-state index is 13.1. The minimum atomic E-state index is -3.56. The Hall–Kier alpha value is -1.67. The summed E-state index contributed by atoms with van der Waals surface area (Å²) in [6.45, 7) is 7.35. The standard InChI is InChI=1S/C18H26N4O3S/c1-12-9-19-18(16-6-7-16)22(12)11-15-5-4-8-21(10-15)26(23,24)17-13(2)20-25-14(17)3/h9,15-16H,4-8,10-11H2,1-3H3. The number of sulfonamides is 1. The lowest BCUT2D eigenvalue weighted by atomic mass is 9.99. The van der Waals surface area contributed by atoms with Gasteiger partial charge < -0.3 is 9.09 Å². The highest BCUT2D eigenvalue weighted by Crippen LogP contribution is 2.40. The maximum atomic E-state index is 13.1. The largest absolute Gasteiger partial charge is 0.360 e. The normalized spacial score (nSPS) is 22.0. The van der Waals surface area contributed by atoms with Crippen molar-refractivity contribution < 1.29 is 12.9 Å². The summed E-state index contributed by atoms with van der Waals surface area (Å²) in [5.41, 5.74) is 1.60. The number of hydrogen-bond donors (Lipinski definition) is 0. The van der Waals surface area contributed by atoms with Gasteiger partial charge in [-0.25, -0.2) is 13.4 Å². The lowest BCUT2D eigenvalue weighted by Gasteiger charge is -2.32. The smallest absolute Gasteiger partial charge is 0.248 e. The van der Waals surface area contributed by atoms with E-state index in [4.69, 9.17) is 4.52 Å². The average Bonchev–Trinajstić information content (AvgIpc) is 3.30. The Bertz CT molecular complexity index is 892. The lowest BCUT2D eigenvalue weighted by Crippen LogP contribution is -2.41. The summed E-state index contributed by atoms with van der Waals surface area (Å²) in [5.74, 6) is 2.43. The zero-order valence-electron chi connectivity index (χ0n) is 15.6. The molecule has 0 bridgehead atoms. The lowest BCUT2D eigenvalue weighted by molar-refractivity contribution is 0.242. The maximum Gasteiger partial charge on any atom is 0.248 e. The molecular formula is C18H26N4O3S. The van der Waals surface area contributed by atoms with Crippen molar-refractivity contribution in [2.45, 2.75) is 63.8 Å². The van der Waals surface area contributed by atoms with Gasteiger partial charge in [-0.05, 0) is 52.4 Å². The summed E-state index contributed by atoms with van der Waals surface area (Å²) >= 11 is 0. The molecule has 2 aromatic heterocycles. The Balaban J connectivity index is 1.54. The van der Waals surface area contributed by atoms with Crippen LogP contribution in [0.15, 0.2) is 15.6 Å². The Morgan fingerprint density at radius 2 is 2.00 bits per heavy atom. The number of hydrogen-bond acceptors (Lipinski definition) is 5. The van der Waals surface area contributed by atoms with Gasteiger partial charge in [0.05, 0.1) is 0 Å². The van der Waals surface area contributed by atoms with Gasteiger partial charge in [0.2, 0.25) is 10.0 Å². The fourth-order valence-electron chi connectivity index (χ4n) is 4.01. The van der Waals surface area contributed by atoms with Crippen LogP contribution in [0.4, 0.5) is 0 Å². The highest BCUT2D eigenvalue weighted by atomic mass is 32.2. The molecule has 0 aromatic carbocycles. The molecule has 3 heterocycles. The zero-order valence-corrected chi connectivity index (χ0v) is 16.4. The molecule has 7 nitrogen and oxygen atoms in total. The first kappa shape index (κ1) is 17.7. The third kappa shape index (κ3) is 3.09. The van der Waals surface area contributed by atoms with E-state index in [9.17, 15) is 8.42 Å². The molecule has 1 aliphatic carbocycles. The third-order valence-corrected chi connectivity index (χ3v) is 7.63. The molecule has 2 fully saturated rings. The van der Waals surface area contributed by atoms with Crippen LogP contribution >= 0.6 is 0 Å². The summed E-state index contributed by atoms with van der Waals surface area (Å²) < 4.78 is 35.2. The Morgan fingerprint density at radius 1 is 1.23 bits per heavy atom. The van der Waals surface area contributed by atoms with Crippen molar-refractivity contribution in [2.75, 3.05) is 13.1 Å². The summed E-state index contributed by atoms with van der Waals surface area (Å²) in [4.78, 5) is 4.82. The Morgan fingerprint density at radius 3 is 2.65 bits per heavy atom. The molecule has 0 N–H and O–H groups in total. The van der Waals surface area contributed by atoms with Gasteiger partial charge in [0, 0.05) is 37.4 Å². The van der Waals surface area contributed by atoms with E-state index in [-0.39, 0.29) is 4.90 Å². The van der Waals surface area contributed by atoms with Gasteiger partial charge in [-0.15, -0.1) is 0 Å². The van der Waals surface area contributed by atoms with E-state index < -0.39 is 10.0 Å². The molecule has 0 radical (unpaired) electrons. The Kier molecular flexibility index (Phi) is 4.43. The highest BCUT2D eigenvalue weighted by molar-refractivity contribution is 7.89. The third-order valence-electron chi connectivity index (χ3n) is 5.52. The average molecular weight is 378 g/mol. The van der Waals surface area contributed by atoms with E-state index in [0.717, 1.165) is 25.1 Å². The molecule has 1 saturated carbocycles. The van der Waals surface area contributed by atoms with Gasteiger partial charge in [-0.1, -0.05) is 5.16 Å². The minimum Gasteiger partial charge on any atom is -0.360 e. The predicted octanol–water partition coefficient (Wildman–Crippen LogP) is 2.77. The van der Waals surface area contributed by atoms with E-state index in [1.54, 1.807) is 18.2 Å². The molecule has 142 valence electrons. The first-order valence-corrected chi connectivity index (χ1v) is 10.8. The molecule has 2 aromatic rings. The van der Waals surface area contributed by atoms with Crippen molar-refractivity contribution in [3.05, 3.63) is 29.2 Å². The highest BCUT2D eigenvalue weighted by Gasteiger charge is 2.35. The topological polar surface area (TPSA) is 81.2 Å². The number of imidazole rings is 1. The van der Waals surface area contributed by atoms with Crippen molar-refractivity contribution in [1.29, 1.82) is 0 Å². The van der Waals surface area contributed by atoms with Crippen molar-refractivity contribution in [1.82, 2.24) is 19.0 Å². The summed E-state index contributed by atoms with van der Waals surface area (Å²) in [6, 6.07) is 0. The molecule has 2 aliphatic rings. The summed E-state index contributed by atoms with van der Waals surface area (Å²) in [6.07, 6.45) is 6.28. The van der Waals surface area contributed by atoms with Gasteiger partial charge in [0.1, 0.15) is 16.4 Å². The Labute approximate surface area is 154 Å². The van der Waals surface area contributed by atoms with Crippen molar-refractivity contribution in [3.8, 4) is 0 Å². The van der Waals surface area contributed by atoms with Crippen molar-refractivity contribution in [2.24, 2.45) is 5.92 Å². The van der Waals surface area contributed by atoms with E-state index in [1.165, 1.54) is 18.7 Å². The fraction of sp³-hybridized carbons (Fsp3) is 0.667. The van der Waals surface area contributed by atoms with Crippen LogP contribution in [0.2, 0.25) is 0 Å². The van der Waals surface area contributed by atoms with E-state index >= 15 is 0 Å². The first-order chi connectivity index (χ1) is 12.4. The van der Waals surface area contributed by atoms with Gasteiger partial charge in [0.15, 0.2) is 5.76 Å². The second-order valence-corrected chi connectivity index (χ2v) is 9.54. The number of aryl methyl sites for hydroxylation is 3. The molecule has 0 spiro atoms. The van der Waals surface area contributed by atoms with Crippen LogP contribution in [0, 0.1) is 26.7 Å². The summed E-state index contributed by atoms with van der Waals surface area (Å²) in [5, 5.41) is 3.81. The van der Waals surface area contributed by atoms with Crippen LogP contribution in [-0.2, 0) is 16.6 Å². The molecule has 1 saturated heterocycles. The van der Waals surface area contributed by atoms with Gasteiger partial charge in [-0.2, -0.15) is 4.31 Å². The molecule has 1 atom stereocenters. The first-order valence-electron chi connectivity index (χ1n) is 9.33. The van der Waals surface area contributed by atoms with Crippen LogP contribution < -0.4 is 0 Å². The van der Waals surface area contributed by atoms with Crippen molar-refractivity contribution in [3.63, 3.8) is 0 Å². The number of rotatable bonds is 5. The van der Waals surface area contributed by atoms with E-state index in [0.29, 0.717) is 36.4 Å². The minimum absolute atomic E-state index is 0.232. The van der Waals surface area contributed by atoms with Crippen molar-refractivity contribution >= 4 is 10.0 Å². The quantitative estimate of drug-likeness (QED) is 0.799. The van der Waals surface area contributed by atoms with E-state index in [1.807, 2.05) is 6.20 Å². The summed E-state index contributed by atoms with van der Waals surface area (Å²) in [7, 11) is -3.56. The van der Waals surface area contributed by atoms with E-state index in [2.05, 4.69) is 21.6 Å². The van der Waals surface area contributed by atoms with Crippen LogP contribution in [0.3, 0.4) is 0 Å². The number of piperidine rings is 1. The monoisotopic (exact) mass is 378 g/mol. The van der Waals surface area contributed by atoms with Crippen LogP contribution in [0.25, 0.3) is 0 Å². The molecular weight excluding hydrogens is 352 g/mol. The van der Waals surface area contributed by atoms with Crippen LogP contribution in [0.1, 0.15) is 54.6 Å². The number of aromatic nitrogens is 3. The molecule has 1 unspecified atom stereocenters. The molecule has 8 heteroatoms. The second kappa shape index (κ2) is 6.49. The van der Waals surface area contributed by atoms with Crippen LogP contribution in [0.5, 0.6) is 0 Å². The van der Waals surface area contributed by atoms with Gasteiger partial charge in [0.25, 0.3) is 0 Å². The molecule has 1 aliphatic heterocycles.